The van der Waals surface area contributed by atoms with Gasteiger partial charge in [0.15, 0.2) is 0 Å². The summed E-state index contributed by atoms with van der Waals surface area (Å²) in [5.74, 6) is 0. The molecule has 4 aromatic carbocycles. The first kappa shape index (κ1) is 31.4. The molecular formula is C38H45NO2P2. The van der Waals surface area contributed by atoms with E-state index < -0.39 is 21.4 Å². The summed E-state index contributed by atoms with van der Waals surface area (Å²) >= 11 is 0. The SMILES string of the molecule is Cc1cccc(P(C[C@@H]2C[C@H](P(c3cccc(C)c3)c3cccc(C)c3)CN2C(=O)OC(C)(C)C)c2cccc(C)c2)c1. The van der Waals surface area contributed by atoms with Crippen LogP contribution in [0.5, 0.6) is 0 Å². The zero-order chi connectivity index (χ0) is 30.7. The van der Waals surface area contributed by atoms with Crippen molar-refractivity contribution in [3.8, 4) is 0 Å². The molecule has 3 nitrogen and oxygen atoms in total. The molecule has 0 saturated carbocycles. The van der Waals surface area contributed by atoms with Crippen LogP contribution < -0.4 is 21.2 Å². The normalized spacial score (nSPS) is 17.1. The molecule has 1 fully saturated rings. The third-order valence-corrected chi connectivity index (χ3v) is 13.3. The maximum Gasteiger partial charge on any atom is 0.410 e. The lowest BCUT2D eigenvalue weighted by molar-refractivity contribution is 0.0242. The van der Waals surface area contributed by atoms with Gasteiger partial charge in [-0.25, -0.2) is 4.79 Å². The minimum atomic E-state index is -0.682. The Kier molecular flexibility index (Phi) is 9.75. The molecule has 5 rings (SSSR count). The number of carbonyl (C=O) groups is 1. The number of hydrogen-bond acceptors (Lipinski definition) is 2. The highest BCUT2D eigenvalue weighted by Gasteiger charge is 2.42. The fraction of sp³-hybridized carbons (Fsp3) is 0.342. The molecule has 1 aliphatic heterocycles. The fourth-order valence-electron chi connectivity index (χ4n) is 6.08. The van der Waals surface area contributed by atoms with Gasteiger partial charge in [-0.3, -0.25) is 0 Å². The lowest BCUT2D eigenvalue weighted by Crippen LogP contribution is -2.42. The first-order valence-electron chi connectivity index (χ1n) is 15.3. The molecule has 0 aromatic heterocycles. The Morgan fingerprint density at radius 2 is 1.14 bits per heavy atom. The molecule has 0 radical (unpaired) electrons. The summed E-state index contributed by atoms with van der Waals surface area (Å²) in [7, 11) is -1.36. The molecular weight excluding hydrogens is 564 g/mol. The lowest BCUT2D eigenvalue weighted by atomic mass is 10.2. The highest BCUT2D eigenvalue weighted by Crippen LogP contribution is 2.48. The summed E-state index contributed by atoms with van der Waals surface area (Å²) in [6.45, 7) is 15.3. The molecule has 1 aliphatic rings. The number of benzene rings is 4. The Bertz CT molecular complexity index is 1490. The van der Waals surface area contributed by atoms with Gasteiger partial charge in [0.1, 0.15) is 5.60 Å². The van der Waals surface area contributed by atoms with E-state index in [1.165, 1.54) is 43.5 Å². The Morgan fingerprint density at radius 3 is 1.56 bits per heavy atom. The molecule has 2 atom stereocenters. The van der Waals surface area contributed by atoms with E-state index in [0.29, 0.717) is 12.2 Å². The van der Waals surface area contributed by atoms with Crippen LogP contribution in [0.3, 0.4) is 0 Å². The summed E-state index contributed by atoms with van der Waals surface area (Å²) in [5, 5.41) is 5.51. The van der Waals surface area contributed by atoms with Crippen molar-refractivity contribution in [3.05, 3.63) is 119 Å². The van der Waals surface area contributed by atoms with E-state index in [2.05, 4.69) is 130 Å². The average molecular weight is 610 g/mol. The van der Waals surface area contributed by atoms with Gasteiger partial charge in [-0.2, -0.15) is 0 Å². The summed E-state index contributed by atoms with van der Waals surface area (Å²) in [5.41, 5.74) is 4.89. The van der Waals surface area contributed by atoms with Crippen molar-refractivity contribution < 1.29 is 9.53 Å². The van der Waals surface area contributed by atoms with Crippen molar-refractivity contribution in [1.29, 1.82) is 0 Å². The zero-order valence-corrected chi connectivity index (χ0v) is 28.5. The first-order chi connectivity index (χ1) is 20.5. The second-order valence-corrected chi connectivity index (χ2v) is 17.8. The van der Waals surface area contributed by atoms with Crippen LogP contribution in [-0.2, 0) is 4.74 Å². The highest BCUT2D eigenvalue weighted by molar-refractivity contribution is 7.74. The molecule has 4 aromatic rings. The maximum atomic E-state index is 13.9. The van der Waals surface area contributed by atoms with E-state index in [1.807, 2.05) is 20.8 Å². The Hall–Kier alpha value is -2.99. The van der Waals surface area contributed by atoms with E-state index in [1.54, 1.807) is 0 Å². The molecule has 43 heavy (non-hydrogen) atoms. The summed E-state index contributed by atoms with van der Waals surface area (Å²) in [6.07, 6.45) is 1.69. The van der Waals surface area contributed by atoms with Gasteiger partial charge in [0.2, 0.25) is 0 Å². The van der Waals surface area contributed by atoms with E-state index >= 15 is 0 Å². The molecule has 5 heteroatoms. The monoisotopic (exact) mass is 609 g/mol. The average Bonchev–Trinajstić information content (AvgIpc) is 3.34. The molecule has 224 valence electrons. The summed E-state index contributed by atoms with van der Waals surface area (Å²) < 4.78 is 6.06. The van der Waals surface area contributed by atoms with E-state index in [0.717, 1.165) is 12.6 Å². The van der Waals surface area contributed by atoms with Gasteiger partial charge in [0.25, 0.3) is 0 Å². The van der Waals surface area contributed by atoms with Crippen molar-refractivity contribution in [2.24, 2.45) is 0 Å². The summed E-state index contributed by atoms with van der Waals surface area (Å²) in [6, 6.07) is 36.0. The molecule has 0 spiro atoms. The van der Waals surface area contributed by atoms with Gasteiger partial charge in [-0.1, -0.05) is 119 Å². The largest absolute Gasteiger partial charge is 0.444 e. The lowest BCUT2D eigenvalue weighted by Gasteiger charge is -2.31. The Morgan fingerprint density at radius 1 is 0.721 bits per heavy atom. The van der Waals surface area contributed by atoms with Crippen LogP contribution in [0.1, 0.15) is 49.4 Å². The van der Waals surface area contributed by atoms with Crippen LogP contribution in [0.4, 0.5) is 4.79 Å². The third kappa shape index (κ3) is 7.94. The van der Waals surface area contributed by atoms with Crippen LogP contribution in [0.25, 0.3) is 0 Å². The van der Waals surface area contributed by atoms with Gasteiger partial charge in [-0.05, 0) is 98.1 Å². The number of carbonyl (C=O) groups excluding carboxylic acids is 1. The van der Waals surface area contributed by atoms with Gasteiger partial charge in [-0.15, -0.1) is 0 Å². The number of amides is 1. The smallest absolute Gasteiger partial charge is 0.410 e. The summed E-state index contributed by atoms with van der Waals surface area (Å²) in [4.78, 5) is 16.0. The van der Waals surface area contributed by atoms with Crippen molar-refractivity contribution in [3.63, 3.8) is 0 Å². The fourth-order valence-corrected chi connectivity index (χ4v) is 11.9. The number of hydrogen-bond donors (Lipinski definition) is 0. The van der Waals surface area contributed by atoms with Crippen LogP contribution >= 0.6 is 15.8 Å². The van der Waals surface area contributed by atoms with Gasteiger partial charge >= 0.3 is 6.09 Å². The van der Waals surface area contributed by atoms with Crippen LogP contribution in [0.15, 0.2) is 97.1 Å². The molecule has 1 amide bonds. The third-order valence-electron chi connectivity index (χ3n) is 7.97. The maximum absolute atomic E-state index is 13.9. The Labute approximate surface area is 261 Å². The number of likely N-dealkylation sites (tertiary alicyclic amines) is 1. The number of ether oxygens (including phenoxy) is 1. The Balaban J connectivity index is 1.57. The number of nitrogens with zero attached hydrogens (tertiary/aromatic N) is 1. The number of rotatable bonds is 7. The molecule has 0 bridgehead atoms. The second-order valence-electron chi connectivity index (χ2n) is 13.0. The minimum absolute atomic E-state index is 0.0894. The zero-order valence-electron chi connectivity index (χ0n) is 26.7. The predicted octanol–water partition coefficient (Wildman–Crippen LogP) is 7.86. The van der Waals surface area contributed by atoms with Crippen molar-refractivity contribution in [2.75, 3.05) is 12.7 Å². The molecule has 0 aliphatic carbocycles. The van der Waals surface area contributed by atoms with Crippen LogP contribution in [-0.4, -0.2) is 41.0 Å². The van der Waals surface area contributed by atoms with E-state index in [-0.39, 0.29) is 12.1 Å². The predicted molar refractivity (Wildman–Crippen MR) is 187 cm³/mol. The van der Waals surface area contributed by atoms with Gasteiger partial charge in [0, 0.05) is 18.2 Å². The molecule has 1 saturated heterocycles. The van der Waals surface area contributed by atoms with Gasteiger partial charge in [0.05, 0.1) is 0 Å². The quantitative estimate of drug-likeness (QED) is 0.200. The molecule has 0 N–H and O–H groups in total. The highest BCUT2D eigenvalue weighted by atomic mass is 31.1. The van der Waals surface area contributed by atoms with Crippen molar-refractivity contribution in [1.82, 2.24) is 4.90 Å². The first-order valence-corrected chi connectivity index (χ1v) is 18.2. The van der Waals surface area contributed by atoms with E-state index in [4.69, 9.17) is 4.74 Å². The van der Waals surface area contributed by atoms with Crippen molar-refractivity contribution >= 4 is 43.2 Å². The minimum Gasteiger partial charge on any atom is -0.444 e. The second kappa shape index (κ2) is 13.3. The van der Waals surface area contributed by atoms with E-state index in [9.17, 15) is 4.79 Å². The van der Waals surface area contributed by atoms with Crippen molar-refractivity contribution in [2.45, 2.75) is 72.2 Å². The number of aryl methyl sites for hydroxylation is 4. The van der Waals surface area contributed by atoms with Crippen LogP contribution in [0.2, 0.25) is 0 Å². The standard InChI is InChI=1S/C38H45NO2P2/c1-27-12-8-16-32(20-27)42(33-17-9-13-28(2)21-33)26-31-24-36(25-39(31)37(40)41-38(5,6)7)43(34-18-10-14-29(3)22-34)35-19-11-15-30(4)23-35/h8-23,31,36H,24-26H2,1-7H3/t31-,36-/m0/s1. The van der Waals surface area contributed by atoms with Crippen LogP contribution in [0, 0.1) is 27.7 Å². The molecule has 0 unspecified atom stereocenters. The topological polar surface area (TPSA) is 29.5 Å². The van der Waals surface area contributed by atoms with Gasteiger partial charge < -0.3 is 9.64 Å². The molecule has 1 heterocycles.